The molecule has 6 rings (SSSR count). The Balaban J connectivity index is 1.39. The van der Waals surface area contributed by atoms with Crippen LogP contribution in [0.1, 0.15) is 70.0 Å². The molecule has 2 atom stereocenters. The van der Waals surface area contributed by atoms with E-state index < -0.39 is 17.8 Å². The van der Waals surface area contributed by atoms with Crippen molar-refractivity contribution >= 4 is 23.2 Å². The summed E-state index contributed by atoms with van der Waals surface area (Å²) in [4.78, 5) is 44.7. The standard InChI is InChI=1S/C32H27NO4/c1-18-7-6-8-20(15-18)31(36)37-21-13-11-19(12-14-21)26-27-24(16-32(2,3)17-25(27)34)33-29-22-9-4-5-10-23(22)30(35)28(26)29/h4-15,26,28H,16-17H2,1-3H3/t26-,28+/m0/s1. The molecule has 1 heterocycles. The van der Waals surface area contributed by atoms with Gasteiger partial charge in [-0.2, -0.15) is 0 Å². The number of ether oxygens (including phenoxy) is 1. The molecule has 0 radical (unpaired) electrons. The van der Waals surface area contributed by atoms with Gasteiger partial charge in [-0.05, 0) is 48.6 Å². The van der Waals surface area contributed by atoms with Gasteiger partial charge in [0.15, 0.2) is 11.6 Å². The molecule has 2 aliphatic carbocycles. The summed E-state index contributed by atoms with van der Waals surface area (Å²) in [6.45, 7) is 6.09. The van der Waals surface area contributed by atoms with Gasteiger partial charge in [0.25, 0.3) is 0 Å². The number of rotatable bonds is 3. The van der Waals surface area contributed by atoms with Gasteiger partial charge in [-0.3, -0.25) is 14.6 Å². The fourth-order valence-electron chi connectivity index (χ4n) is 5.93. The molecule has 184 valence electrons. The zero-order valence-corrected chi connectivity index (χ0v) is 21.1. The van der Waals surface area contributed by atoms with Crippen molar-refractivity contribution in [1.82, 2.24) is 0 Å². The molecule has 0 N–H and O–H groups in total. The SMILES string of the molecule is Cc1cccc(C(=O)Oc2ccc([C@H]3C4=C(CC(C)(C)CC4=O)N=C4c5ccccc5C(=O)[C@@H]43)cc2)c1. The third-order valence-electron chi connectivity index (χ3n) is 7.55. The number of nitrogens with zero attached hydrogens (tertiary/aromatic N) is 1. The van der Waals surface area contributed by atoms with Crippen molar-refractivity contribution in [1.29, 1.82) is 0 Å². The van der Waals surface area contributed by atoms with Gasteiger partial charge in [0.05, 0.1) is 17.2 Å². The predicted molar refractivity (Wildman–Crippen MR) is 141 cm³/mol. The number of fused-ring (bicyclic) bond motifs is 3. The van der Waals surface area contributed by atoms with Crippen LogP contribution in [-0.2, 0) is 4.79 Å². The maximum Gasteiger partial charge on any atom is 0.343 e. The maximum atomic E-state index is 13.6. The Labute approximate surface area is 215 Å². The lowest BCUT2D eigenvalue weighted by Crippen LogP contribution is -2.37. The molecule has 5 nitrogen and oxygen atoms in total. The van der Waals surface area contributed by atoms with Crippen LogP contribution in [-0.4, -0.2) is 23.2 Å². The van der Waals surface area contributed by atoms with Crippen LogP contribution in [0.15, 0.2) is 89.1 Å². The van der Waals surface area contributed by atoms with Gasteiger partial charge < -0.3 is 4.74 Å². The van der Waals surface area contributed by atoms with Gasteiger partial charge >= 0.3 is 5.97 Å². The molecule has 0 amide bonds. The second-order valence-corrected chi connectivity index (χ2v) is 11.0. The molecule has 1 aliphatic heterocycles. The topological polar surface area (TPSA) is 72.8 Å². The van der Waals surface area contributed by atoms with Crippen molar-refractivity contribution in [3.05, 3.63) is 112 Å². The highest BCUT2D eigenvalue weighted by atomic mass is 16.5. The number of allylic oxidation sites excluding steroid dienone is 2. The number of hydrogen-bond donors (Lipinski definition) is 0. The molecule has 0 unspecified atom stereocenters. The van der Waals surface area contributed by atoms with Crippen molar-refractivity contribution in [2.75, 3.05) is 0 Å². The average Bonchev–Trinajstić information content (AvgIpc) is 3.14. The smallest absolute Gasteiger partial charge is 0.343 e. The molecule has 37 heavy (non-hydrogen) atoms. The monoisotopic (exact) mass is 489 g/mol. The number of ketones is 2. The van der Waals surface area contributed by atoms with Gasteiger partial charge in [-0.1, -0.05) is 67.9 Å². The molecule has 3 aromatic carbocycles. The van der Waals surface area contributed by atoms with E-state index in [9.17, 15) is 14.4 Å². The van der Waals surface area contributed by atoms with Crippen LogP contribution < -0.4 is 4.74 Å². The van der Waals surface area contributed by atoms with E-state index in [-0.39, 0.29) is 17.0 Å². The van der Waals surface area contributed by atoms with E-state index in [1.165, 1.54) is 0 Å². The third-order valence-corrected chi connectivity index (χ3v) is 7.55. The van der Waals surface area contributed by atoms with Crippen molar-refractivity contribution in [2.24, 2.45) is 16.3 Å². The zero-order chi connectivity index (χ0) is 25.9. The minimum absolute atomic E-state index is 0.00140. The molecular weight excluding hydrogens is 462 g/mol. The Hall–Kier alpha value is -4.12. The average molecular weight is 490 g/mol. The highest BCUT2D eigenvalue weighted by Gasteiger charge is 2.50. The van der Waals surface area contributed by atoms with E-state index in [2.05, 4.69) is 13.8 Å². The molecule has 0 bridgehead atoms. The van der Waals surface area contributed by atoms with Crippen molar-refractivity contribution in [3.63, 3.8) is 0 Å². The van der Waals surface area contributed by atoms with Crippen LogP contribution in [0.4, 0.5) is 0 Å². The number of carbonyl (C=O) groups is 3. The van der Waals surface area contributed by atoms with Crippen LogP contribution in [0.5, 0.6) is 5.75 Å². The summed E-state index contributed by atoms with van der Waals surface area (Å²) in [6.07, 6.45) is 1.11. The van der Waals surface area contributed by atoms with Crippen LogP contribution in [0.3, 0.4) is 0 Å². The molecular formula is C32H27NO4. The molecule has 0 spiro atoms. The minimum atomic E-state index is -0.540. The molecule has 0 saturated heterocycles. The zero-order valence-electron chi connectivity index (χ0n) is 21.1. The maximum absolute atomic E-state index is 13.6. The largest absolute Gasteiger partial charge is 0.423 e. The summed E-state index contributed by atoms with van der Waals surface area (Å²) < 4.78 is 5.60. The third kappa shape index (κ3) is 3.95. The number of aryl methyl sites for hydroxylation is 1. The first-order chi connectivity index (χ1) is 17.7. The van der Waals surface area contributed by atoms with E-state index in [1.807, 2.05) is 55.5 Å². The summed E-state index contributed by atoms with van der Waals surface area (Å²) >= 11 is 0. The summed E-state index contributed by atoms with van der Waals surface area (Å²) in [5.41, 5.74) is 5.82. The highest BCUT2D eigenvalue weighted by molar-refractivity contribution is 6.30. The lowest BCUT2D eigenvalue weighted by atomic mass is 9.66. The summed E-state index contributed by atoms with van der Waals surface area (Å²) in [5, 5.41) is 0. The lowest BCUT2D eigenvalue weighted by molar-refractivity contribution is -0.118. The Bertz CT molecular complexity index is 1540. The van der Waals surface area contributed by atoms with Gasteiger partial charge in [0.1, 0.15) is 5.75 Å². The van der Waals surface area contributed by atoms with Crippen molar-refractivity contribution in [2.45, 2.75) is 39.5 Å². The number of carbonyl (C=O) groups excluding carboxylic acids is 3. The Morgan fingerprint density at radius 2 is 1.62 bits per heavy atom. The molecule has 0 aromatic heterocycles. The van der Waals surface area contributed by atoms with E-state index in [0.29, 0.717) is 35.3 Å². The van der Waals surface area contributed by atoms with Crippen LogP contribution in [0, 0.1) is 18.3 Å². The Morgan fingerprint density at radius 1 is 0.892 bits per heavy atom. The highest BCUT2D eigenvalue weighted by Crippen LogP contribution is 2.51. The molecule has 3 aromatic rings. The van der Waals surface area contributed by atoms with Crippen LogP contribution in [0.25, 0.3) is 0 Å². The number of benzene rings is 3. The van der Waals surface area contributed by atoms with E-state index >= 15 is 0 Å². The Kier molecular flexibility index (Phi) is 5.34. The molecule has 3 aliphatic rings. The molecule has 0 saturated carbocycles. The fraction of sp³-hybridized carbons (Fsp3) is 0.250. The van der Waals surface area contributed by atoms with Gasteiger partial charge in [-0.15, -0.1) is 0 Å². The van der Waals surface area contributed by atoms with Crippen LogP contribution in [0.2, 0.25) is 0 Å². The van der Waals surface area contributed by atoms with Gasteiger partial charge in [-0.25, -0.2) is 4.79 Å². The Morgan fingerprint density at radius 3 is 2.35 bits per heavy atom. The first-order valence-electron chi connectivity index (χ1n) is 12.6. The first kappa shape index (κ1) is 23.3. The lowest BCUT2D eigenvalue weighted by Gasteiger charge is -2.38. The normalized spacial score (nSPS) is 21.6. The summed E-state index contributed by atoms with van der Waals surface area (Å²) in [6, 6.07) is 22.0. The quantitative estimate of drug-likeness (QED) is 0.322. The second-order valence-electron chi connectivity index (χ2n) is 11.0. The number of Topliss-reactive ketones (excluding diaryl/α,β-unsaturated/α-hetero) is 2. The van der Waals surface area contributed by atoms with E-state index in [1.54, 1.807) is 24.3 Å². The molecule has 5 heteroatoms. The van der Waals surface area contributed by atoms with Gasteiger partial charge in [0, 0.05) is 34.7 Å². The summed E-state index contributed by atoms with van der Waals surface area (Å²) in [5.74, 6) is -0.934. The van der Waals surface area contributed by atoms with Gasteiger partial charge in [0.2, 0.25) is 0 Å². The number of hydrogen-bond acceptors (Lipinski definition) is 5. The fourth-order valence-corrected chi connectivity index (χ4v) is 5.93. The number of aliphatic imine (C=N–C) groups is 1. The van der Waals surface area contributed by atoms with Crippen molar-refractivity contribution < 1.29 is 19.1 Å². The second kappa shape index (κ2) is 8.48. The first-order valence-corrected chi connectivity index (χ1v) is 12.6. The van der Waals surface area contributed by atoms with Crippen molar-refractivity contribution in [3.8, 4) is 5.75 Å². The predicted octanol–water partition coefficient (Wildman–Crippen LogP) is 6.26. The summed E-state index contributed by atoms with van der Waals surface area (Å²) in [7, 11) is 0. The number of esters is 1. The molecule has 0 fully saturated rings. The van der Waals surface area contributed by atoms with E-state index in [0.717, 1.165) is 28.1 Å². The minimum Gasteiger partial charge on any atom is -0.423 e. The van der Waals surface area contributed by atoms with E-state index in [4.69, 9.17) is 9.73 Å². The van der Waals surface area contributed by atoms with Crippen LogP contribution >= 0.6 is 0 Å².